The first-order chi connectivity index (χ1) is 9.95. The number of amides is 1. The highest BCUT2D eigenvalue weighted by Crippen LogP contribution is 2.26. The highest BCUT2D eigenvalue weighted by Gasteiger charge is 2.22. The van der Waals surface area contributed by atoms with E-state index in [0.717, 1.165) is 30.2 Å². The van der Waals surface area contributed by atoms with Gasteiger partial charge in [-0.1, -0.05) is 15.9 Å². The second-order valence-corrected chi connectivity index (χ2v) is 6.81. The van der Waals surface area contributed by atoms with Gasteiger partial charge in [-0.3, -0.25) is 4.79 Å². The third-order valence-electron chi connectivity index (χ3n) is 3.66. The summed E-state index contributed by atoms with van der Waals surface area (Å²) >= 11 is 3.41. The molecule has 0 radical (unpaired) electrons. The van der Waals surface area contributed by atoms with Gasteiger partial charge in [-0.25, -0.2) is 0 Å². The molecule has 1 aliphatic rings. The SMILES string of the molecule is CC(C)Oc1cc(Br)ccc1C(=O)NC1CCC(N)CC1.Cl. The zero-order valence-electron chi connectivity index (χ0n) is 13.0. The van der Waals surface area contributed by atoms with Crippen LogP contribution in [0, 0.1) is 0 Å². The van der Waals surface area contributed by atoms with E-state index in [1.54, 1.807) is 6.07 Å². The molecule has 0 bridgehead atoms. The molecule has 22 heavy (non-hydrogen) atoms. The lowest BCUT2D eigenvalue weighted by atomic mass is 9.91. The Bertz CT molecular complexity index is 503. The molecule has 0 atom stereocenters. The topological polar surface area (TPSA) is 64.3 Å². The van der Waals surface area contributed by atoms with Gasteiger partial charge in [-0.05, 0) is 57.7 Å². The van der Waals surface area contributed by atoms with Gasteiger partial charge in [-0.2, -0.15) is 0 Å². The molecule has 1 aliphatic carbocycles. The lowest BCUT2D eigenvalue weighted by molar-refractivity contribution is 0.0920. The van der Waals surface area contributed by atoms with E-state index < -0.39 is 0 Å². The summed E-state index contributed by atoms with van der Waals surface area (Å²) in [4.78, 5) is 12.5. The second-order valence-electron chi connectivity index (χ2n) is 5.89. The summed E-state index contributed by atoms with van der Waals surface area (Å²) in [5.41, 5.74) is 6.48. The first-order valence-corrected chi connectivity index (χ1v) is 8.27. The van der Waals surface area contributed by atoms with Crippen molar-refractivity contribution in [1.82, 2.24) is 5.32 Å². The van der Waals surface area contributed by atoms with Crippen LogP contribution in [0.5, 0.6) is 5.75 Å². The molecule has 4 nitrogen and oxygen atoms in total. The Balaban J connectivity index is 0.00000242. The number of hydrogen-bond donors (Lipinski definition) is 2. The van der Waals surface area contributed by atoms with Crippen LogP contribution in [-0.4, -0.2) is 24.1 Å². The highest BCUT2D eigenvalue weighted by atomic mass is 79.9. The Hall–Kier alpha value is -0.780. The van der Waals surface area contributed by atoms with Crippen LogP contribution < -0.4 is 15.8 Å². The maximum Gasteiger partial charge on any atom is 0.255 e. The Morgan fingerprint density at radius 2 is 1.95 bits per heavy atom. The fourth-order valence-electron chi connectivity index (χ4n) is 2.56. The minimum Gasteiger partial charge on any atom is -0.490 e. The number of carbonyl (C=O) groups is 1. The van der Waals surface area contributed by atoms with Gasteiger partial charge < -0.3 is 15.8 Å². The molecule has 1 saturated carbocycles. The van der Waals surface area contributed by atoms with E-state index in [9.17, 15) is 4.79 Å². The van der Waals surface area contributed by atoms with Crippen LogP contribution >= 0.6 is 28.3 Å². The molecule has 0 heterocycles. The van der Waals surface area contributed by atoms with Gasteiger partial charge in [0.1, 0.15) is 5.75 Å². The maximum absolute atomic E-state index is 12.5. The Morgan fingerprint density at radius 3 is 2.55 bits per heavy atom. The number of nitrogens with one attached hydrogen (secondary N) is 1. The summed E-state index contributed by atoms with van der Waals surface area (Å²) in [6.07, 6.45) is 3.87. The Morgan fingerprint density at radius 1 is 1.32 bits per heavy atom. The summed E-state index contributed by atoms with van der Waals surface area (Å²) in [5.74, 6) is 0.544. The fourth-order valence-corrected chi connectivity index (χ4v) is 2.90. The molecule has 0 unspecified atom stereocenters. The minimum absolute atomic E-state index is 0. The molecule has 0 spiro atoms. The van der Waals surface area contributed by atoms with E-state index in [1.807, 2.05) is 26.0 Å². The van der Waals surface area contributed by atoms with Crippen molar-refractivity contribution in [2.45, 2.75) is 57.7 Å². The summed E-state index contributed by atoms with van der Waals surface area (Å²) in [5, 5.41) is 3.10. The average molecular weight is 392 g/mol. The van der Waals surface area contributed by atoms with Crippen molar-refractivity contribution >= 4 is 34.2 Å². The molecular formula is C16H24BrClN2O2. The number of rotatable bonds is 4. The van der Waals surface area contributed by atoms with E-state index in [1.165, 1.54) is 0 Å². The monoisotopic (exact) mass is 390 g/mol. The molecular weight excluding hydrogens is 368 g/mol. The Labute approximate surface area is 146 Å². The molecule has 3 N–H and O–H groups in total. The second kappa shape index (κ2) is 8.75. The average Bonchev–Trinajstić information content (AvgIpc) is 2.40. The number of hydrogen-bond acceptors (Lipinski definition) is 3. The van der Waals surface area contributed by atoms with Crippen molar-refractivity contribution in [3.8, 4) is 5.75 Å². The molecule has 124 valence electrons. The molecule has 1 amide bonds. The number of benzene rings is 1. The first kappa shape index (κ1) is 19.3. The first-order valence-electron chi connectivity index (χ1n) is 7.48. The van der Waals surface area contributed by atoms with Gasteiger partial charge in [0, 0.05) is 16.6 Å². The van der Waals surface area contributed by atoms with E-state index in [0.29, 0.717) is 11.3 Å². The lowest BCUT2D eigenvalue weighted by Gasteiger charge is -2.27. The Kier molecular flexibility index (Phi) is 7.66. The summed E-state index contributed by atoms with van der Waals surface area (Å²) in [6, 6.07) is 5.99. The van der Waals surface area contributed by atoms with Gasteiger partial charge in [0.15, 0.2) is 0 Å². The fraction of sp³-hybridized carbons (Fsp3) is 0.562. The maximum atomic E-state index is 12.5. The zero-order valence-corrected chi connectivity index (χ0v) is 15.4. The van der Waals surface area contributed by atoms with E-state index in [-0.39, 0.29) is 36.5 Å². The van der Waals surface area contributed by atoms with Crippen molar-refractivity contribution in [2.75, 3.05) is 0 Å². The molecule has 1 fully saturated rings. The van der Waals surface area contributed by atoms with E-state index in [4.69, 9.17) is 10.5 Å². The minimum atomic E-state index is -0.0707. The molecule has 0 aliphatic heterocycles. The van der Waals surface area contributed by atoms with Crippen molar-refractivity contribution in [3.05, 3.63) is 28.2 Å². The third-order valence-corrected chi connectivity index (χ3v) is 4.15. The van der Waals surface area contributed by atoms with Crippen molar-refractivity contribution in [1.29, 1.82) is 0 Å². The molecule has 1 aromatic rings. The number of nitrogens with two attached hydrogens (primary N) is 1. The number of ether oxygens (including phenoxy) is 1. The van der Waals surface area contributed by atoms with Gasteiger partial charge in [0.25, 0.3) is 5.91 Å². The lowest BCUT2D eigenvalue weighted by Crippen LogP contribution is -2.40. The highest BCUT2D eigenvalue weighted by molar-refractivity contribution is 9.10. The van der Waals surface area contributed by atoms with Crippen LogP contribution in [0.4, 0.5) is 0 Å². The third kappa shape index (κ3) is 5.45. The molecule has 0 aromatic heterocycles. The smallest absolute Gasteiger partial charge is 0.255 e. The zero-order chi connectivity index (χ0) is 15.4. The van der Waals surface area contributed by atoms with Crippen LogP contribution in [0.25, 0.3) is 0 Å². The van der Waals surface area contributed by atoms with Gasteiger partial charge in [0.05, 0.1) is 11.7 Å². The molecule has 0 saturated heterocycles. The van der Waals surface area contributed by atoms with Gasteiger partial charge in [0.2, 0.25) is 0 Å². The van der Waals surface area contributed by atoms with Crippen LogP contribution in [0.15, 0.2) is 22.7 Å². The van der Waals surface area contributed by atoms with Crippen molar-refractivity contribution < 1.29 is 9.53 Å². The normalized spacial score (nSPS) is 21.1. The predicted octanol–water partition coefficient (Wildman–Crippen LogP) is 3.66. The number of carbonyl (C=O) groups excluding carboxylic acids is 1. The molecule has 1 aromatic carbocycles. The van der Waals surface area contributed by atoms with Crippen LogP contribution in [0.2, 0.25) is 0 Å². The van der Waals surface area contributed by atoms with Crippen molar-refractivity contribution in [2.24, 2.45) is 5.73 Å². The van der Waals surface area contributed by atoms with E-state index >= 15 is 0 Å². The van der Waals surface area contributed by atoms with Crippen LogP contribution in [-0.2, 0) is 0 Å². The predicted molar refractivity (Wildman–Crippen MR) is 94.9 cm³/mol. The standard InChI is InChI=1S/C16H23BrN2O2.ClH/c1-10(2)21-15-9-11(17)3-8-14(15)16(20)19-13-6-4-12(18)5-7-13;/h3,8-10,12-13H,4-7,18H2,1-2H3,(H,19,20);1H. The largest absolute Gasteiger partial charge is 0.490 e. The van der Waals surface area contributed by atoms with Gasteiger partial charge in [-0.15, -0.1) is 12.4 Å². The summed E-state index contributed by atoms with van der Waals surface area (Å²) < 4.78 is 6.64. The van der Waals surface area contributed by atoms with Crippen LogP contribution in [0.1, 0.15) is 49.9 Å². The van der Waals surface area contributed by atoms with Crippen molar-refractivity contribution in [3.63, 3.8) is 0 Å². The summed E-state index contributed by atoms with van der Waals surface area (Å²) in [6.45, 7) is 3.90. The molecule has 2 rings (SSSR count). The quantitative estimate of drug-likeness (QED) is 0.823. The van der Waals surface area contributed by atoms with E-state index in [2.05, 4.69) is 21.2 Å². The van der Waals surface area contributed by atoms with Gasteiger partial charge >= 0.3 is 0 Å². The van der Waals surface area contributed by atoms with Crippen LogP contribution in [0.3, 0.4) is 0 Å². The number of halogens is 2. The molecule has 6 heteroatoms. The summed E-state index contributed by atoms with van der Waals surface area (Å²) in [7, 11) is 0.